The maximum Gasteiger partial charge on any atom is 0.340 e. The van der Waals surface area contributed by atoms with Crippen molar-refractivity contribution in [2.45, 2.75) is 144 Å². The summed E-state index contributed by atoms with van der Waals surface area (Å²) < 4.78 is 33.2. The molecule has 2 bridgehead atoms. The second-order valence-corrected chi connectivity index (χ2v) is 22.6. The lowest BCUT2D eigenvalue weighted by atomic mass is 9.62. The number of ether oxygens (including phenoxy) is 4. The number of benzene rings is 4. The Kier molecular flexibility index (Phi) is 15.1. The van der Waals surface area contributed by atoms with Gasteiger partial charge in [-0.25, -0.2) is 9.59 Å². The number of fused-ring (bicyclic) bond motifs is 13. The number of hydrogen-bond acceptors (Lipinski definition) is 11. The van der Waals surface area contributed by atoms with Crippen LogP contribution in [-0.2, 0) is 42.2 Å². The van der Waals surface area contributed by atoms with Crippen LogP contribution in [0.5, 0.6) is 5.75 Å². The Morgan fingerprint density at radius 2 is 1.61 bits per heavy atom. The van der Waals surface area contributed by atoms with Gasteiger partial charge in [0.15, 0.2) is 17.8 Å². The van der Waals surface area contributed by atoms with E-state index in [4.69, 9.17) is 23.4 Å². The summed E-state index contributed by atoms with van der Waals surface area (Å²) in [7, 11) is 1.51. The summed E-state index contributed by atoms with van der Waals surface area (Å²) in [6.45, 7) is 0.710. The molecule has 7 aliphatic rings. The predicted molar refractivity (Wildman–Crippen MR) is 290 cm³/mol. The van der Waals surface area contributed by atoms with E-state index < -0.39 is 47.9 Å². The molecule has 4 aliphatic carbocycles. The second kappa shape index (κ2) is 22.1. The summed E-state index contributed by atoms with van der Waals surface area (Å²) in [6, 6.07) is 32.0. The van der Waals surface area contributed by atoms with Gasteiger partial charge in [-0.05, 0) is 121 Å². The van der Waals surface area contributed by atoms with Gasteiger partial charge in [-0.2, -0.15) is 0 Å². The van der Waals surface area contributed by atoms with E-state index in [-0.39, 0.29) is 90.8 Å². The van der Waals surface area contributed by atoms with Gasteiger partial charge in [0.1, 0.15) is 11.3 Å². The minimum absolute atomic E-state index is 0.0168. The average molecular weight is 1030 g/mol. The van der Waals surface area contributed by atoms with Gasteiger partial charge in [0, 0.05) is 72.2 Å². The third-order valence-electron chi connectivity index (χ3n) is 18.5. The molecule has 398 valence electrons. The van der Waals surface area contributed by atoms with Crippen molar-refractivity contribution >= 4 is 22.9 Å². The molecule has 0 amide bonds. The van der Waals surface area contributed by atoms with Crippen molar-refractivity contribution in [3.8, 4) is 5.75 Å². The third-order valence-corrected chi connectivity index (χ3v) is 18.5. The summed E-state index contributed by atoms with van der Waals surface area (Å²) >= 11 is 0. The van der Waals surface area contributed by atoms with Gasteiger partial charge in [-0.1, -0.05) is 129 Å². The molecule has 1 aromatic heterocycles. The fourth-order valence-electron chi connectivity index (χ4n) is 14.6. The highest BCUT2D eigenvalue weighted by atomic mass is 16.6. The van der Waals surface area contributed by atoms with Crippen molar-refractivity contribution < 1.29 is 48.3 Å². The molecule has 12 rings (SSSR count). The number of aliphatic hydroxyl groups is 3. The van der Waals surface area contributed by atoms with Gasteiger partial charge in [-0.3, -0.25) is 4.79 Å². The SMILES string of the molecule is COC[C@@H](CCO)c1c(CO)c2ccc3c(c2oc1=O)[C@H]1OC(=O)C[C@H]2C[C@H](c4cccc(C5(c6ccccc6)CCCC5)c4)C=C[C@H]2c2ccc(cc2)CC/C(=C(\C)CO)C(=O)O[C@@H]1[C@@]1(CC=C[C@@H]2CCCC[C@H]21)O3. The molecule has 11 nitrogen and oxygen atoms in total. The van der Waals surface area contributed by atoms with E-state index in [1.54, 1.807) is 19.1 Å². The number of aliphatic hydroxyl groups excluding tert-OH is 3. The summed E-state index contributed by atoms with van der Waals surface area (Å²) in [5.41, 5.74) is 5.59. The fourth-order valence-corrected chi connectivity index (χ4v) is 14.6. The molecule has 76 heavy (non-hydrogen) atoms. The highest BCUT2D eigenvalue weighted by Gasteiger charge is 2.61. The molecule has 1 spiro atoms. The minimum atomic E-state index is -1.32. The summed E-state index contributed by atoms with van der Waals surface area (Å²) in [6.07, 6.45) is 16.6. The molecule has 0 saturated heterocycles. The van der Waals surface area contributed by atoms with Crippen LogP contribution < -0.4 is 10.4 Å². The first kappa shape index (κ1) is 52.0. The molecular formula is C65H72O11. The minimum Gasteiger partial charge on any atom is -0.482 e. The Bertz CT molecular complexity index is 3080. The van der Waals surface area contributed by atoms with Crippen molar-refractivity contribution in [2.24, 2.45) is 17.8 Å². The third kappa shape index (κ3) is 9.49. The predicted octanol–water partition coefficient (Wildman–Crippen LogP) is 11.4. The Hall–Kier alpha value is -6.11. The van der Waals surface area contributed by atoms with Crippen LogP contribution in [0.2, 0.25) is 0 Å². The Balaban J connectivity index is 1.06. The van der Waals surface area contributed by atoms with Crippen molar-refractivity contribution in [2.75, 3.05) is 26.9 Å². The zero-order valence-electron chi connectivity index (χ0n) is 43.9. The lowest BCUT2D eigenvalue weighted by molar-refractivity contribution is -0.208. The number of carbonyl (C=O) groups excluding carboxylic acids is 2. The second-order valence-electron chi connectivity index (χ2n) is 22.6. The van der Waals surface area contributed by atoms with Gasteiger partial charge in [0.25, 0.3) is 0 Å². The van der Waals surface area contributed by atoms with Gasteiger partial charge >= 0.3 is 17.6 Å². The van der Waals surface area contributed by atoms with E-state index in [0.717, 1.165) is 49.7 Å². The molecule has 4 aromatic carbocycles. The summed E-state index contributed by atoms with van der Waals surface area (Å²) in [5, 5.41) is 32.2. The Morgan fingerprint density at radius 3 is 2.37 bits per heavy atom. The molecule has 2 fully saturated rings. The zero-order valence-corrected chi connectivity index (χ0v) is 43.9. The maximum atomic E-state index is 15.5. The number of rotatable bonds is 10. The van der Waals surface area contributed by atoms with Crippen LogP contribution in [0.4, 0.5) is 0 Å². The molecule has 5 aromatic rings. The molecule has 9 atom stereocenters. The molecule has 4 heterocycles. The van der Waals surface area contributed by atoms with Gasteiger partial charge < -0.3 is 38.7 Å². The van der Waals surface area contributed by atoms with Gasteiger partial charge in [0.2, 0.25) is 0 Å². The first-order chi connectivity index (χ1) is 37.1. The monoisotopic (exact) mass is 1030 g/mol. The fraction of sp³-hybridized carbons (Fsp3) is 0.462. The van der Waals surface area contributed by atoms with Crippen LogP contribution in [0.1, 0.15) is 159 Å². The number of carbonyl (C=O) groups is 2. The highest BCUT2D eigenvalue weighted by molar-refractivity contribution is 5.90. The lowest BCUT2D eigenvalue weighted by Gasteiger charge is -2.54. The number of esters is 2. The van der Waals surface area contributed by atoms with E-state index in [1.165, 1.54) is 36.6 Å². The van der Waals surface area contributed by atoms with Gasteiger partial charge in [-0.15, -0.1) is 0 Å². The van der Waals surface area contributed by atoms with Crippen LogP contribution in [0.3, 0.4) is 0 Å². The summed E-state index contributed by atoms with van der Waals surface area (Å²) in [5.74, 6) is -1.73. The lowest BCUT2D eigenvalue weighted by Crippen LogP contribution is -2.62. The smallest absolute Gasteiger partial charge is 0.340 e. The van der Waals surface area contributed by atoms with Crippen LogP contribution >= 0.6 is 0 Å². The molecular weight excluding hydrogens is 957 g/mol. The van der Waals surface area contributed by atoms with Crippen LogP contribution in [0.25, 0.3) is 11.0 Å². The normalized spacial score (nSPS) is 28.1. The van der Waals surface area contributed by atoms with E-state index in [0.29, 0.717) is 47.1 Å². The average Bonchev–Trinajstić information content (AvgIpc) is 4.09. The molecule has 3 N–H and O–H groups in total. The first-order valence-electron chi connectivity index (χ1n) is 27.9. The van der Waals surface area contributed by atoms with E-state index in [9.17, 15) is 20.1 Å². The number of methoxy groups -OCH3 is 1. The van der Waals surface area contributed by atoms with Crippen molar-refractivity contribution in [1.82, 2.24) is 0 Å². The molecule has 0 radical (unpaired) electrons. The topological polar surface area (TPSA) is 162 Å². The maximum absolute atomic E-state index is 15.5. The molecule has 2 saturated carbocycles. The van der Waals surface area contributed by atoms with Crippen LogP contribution in [-0.4, -0.2) is 65.9 Å². The number of aryl methyl sites for hydroxylation is 1. The van der Waals surface area contributed by atoms with E-state index >= 15 is 9.59 Å². The standard InChI is InChI=1S/C65H72O11/c1-40(37-67)50-25-21-41-19-22-42(23-20-41)51-26-24-45(44-13-10-17-49(35-44)64(30-8-9-31-64)48-15-4-3-5-16-48)34-47(51)36-56(69)73-60-58-55(76-65(61(60)75-62(50)70)32-11-14-43-12-6-7-18-54(43)65)28-27-52-53(38-68)57(63(71)74-59(52)58)46(29-33-66)39-72-2/h3-5,10-11,13-17,19-20,22-24,26-28,35,43,45-47,51,54,60-61,66-68H,6-9,12,18,21,25,29-34,36-39H2,1-2H3/b50-40-/t43-,45+,46+,47+,51-,54+,60+,61-,65-/m0/s1. The molecule has 11 heteroatoms. The van der Waals surface area contributed by atoms with Crippen molar-refractivity contribution in [3.63, 3.8) is 0 Å². The molecule has 3 aliphatic heterocycles. The zero-order chi connectivity index (χ0) is 52.6. The first-order valence-corrected chi connectivity index (χ1v) is 27.9. The Morgan fingerprint density at radius 1 is 0.816 bits per heavy atom. The van der Waals surface area contributed by atoms with Gasteiger partial charge in [0.05, 0.1) is 25.4 Å². The largest absolute Gasteiger partial charge is 0.482 e. The highest BCUT2D eigenvalue weighted by Crippen LogP contribution is 2.57. The quantitative estimate of drug-likeness (QED) is 0.0528. The van der Waals surface area contributed by atoms with Crippen molar-refractivity contribution in [3.05, 3.63) is 181 Å². The van der Waals surface area contributed by atoms with Crippen LogP contribution in [0.15, 0.2) is 136 Å². The molecule has 0 unspecified atom stereocenters. The number of allylic oxidation sites excluding steroid dienone is 3. The van der Waals surface area contributed by atoms with Crippen LogP contribution in [0, 0.1) is 17.8 Å². The van der Waals surface area contributed by atoms with E-state index in [1.807, 2.05) is 0 Å². The Labute approximate surface area is 445 Å². The van der Waals surface area contributed by atoms with Crippen molar-refractivity contribution in [1.29, 1.82) is 0 Å². The number of hydrogen-bond donors (Lipinski definition) is 3. The van der Waals surface area contributed by atoms with E-state index in [2.05, 4.69) is 103 Å². The summed E-state index contributed by atoms with van der Waals surface area (Å²) in [4.78, 5) is 45.2.